The molecule has 4 nitrogen and oxygen atoms in total. The van der Waals surface area contributed by atoms with Crippen molar-refractivity contribution in [2.24, 2.45) is 0 Å². The van der Waals surface area contributed by atoms with E-state index < -0.39 is 10.0 Å². The SMILES string of the molecule is O=S(=O)(Nc1ccc2cc3ccccc3cc2c1)c1cccc2cccnc12. The number of hydrogen-bond donors (Lipinski definition) is 1. The highest BCUT2D eigenvalue weighted by Crippen LogP contribution is 2.28. The zero-order chi connectivity index (χ0) is 19.1. The lowest BCUT2D eigenvalue weighted by atomic mass is 10.0. The van der Waals surface area contributed by atoms with Gasteiger partial charge in [-0.15, -0.1) is 0 Å². The first-order valence-electron chi connectivity index (χ1n) is 8.89. The molecule has 0 radical (unpaired) electrons. The molecule has 0 saturated heterocycles. The molecule has 5 rings (SSSR count). The van der Waals surface area contributed by atoms with Crippen LogP contribution in [0.25, 0.3) is 32.4 Å². The van der Waals surface area contributed by atoms with E-state index in [2.05, 4.69) is 27.9 Å². The number of fused-ring (bicyclic) bond motifs is 3. The predicted molar refractivity (Wildman–Crippen MR) is 114 cm³/mol. The first-order valence-corrected chi connectivity index (χ1v) is 10.4. The number of hydrogen-bond acceptors (Lipinski definition) is 3. The Bertz CT molecular complexity index is 1450. The van der Waals surface area contributed by atoms with E-state index >= 15 is 0 Å². The maximum absolute atomic E-state index is 13.0. The van der Waals surface area contributed by atoms with Crippen molar-refractivity contribution >= 4 is 48.2 Å². The van der Waals surface area contributed by atoms with Crippen molar-refractivity contribution in [2.45, 2.75) is 4.90 Å². The molecule has 5 aromatic rings. The summed E-state index contributed by atoms with van der Waals surface area (Å²) in [5.74, 6) is 0. The van der Waals surface area contributed by atoms with Gasteiger partial charge in [0, 0.05) is 17.3 Å². The highest BCUT2D eigenvalue weighted by atomic mass is 32.2. The van der Waals surface area contributed by atoms with E-state index in [0.717, 1.165) is 26.9 Å². The molecule has 0 amide bonds. The van der Waals surface area contributed by atoms with Gasteiger partial charge in [-0.05, 0) is 57.9 Å². The molecular formula is C23H16N2O2S. The topological polar surface area (TPSA) is 59.1 Å². The normalized spacial score (nSPS) is 11.9. The first-order chi connectivity index (χ1) is 13.6. The number of sulfonamides is 1. The van der Waals surface area contributed by atoms with Crippen molar-refractivity contribution in [3.8, 4) is 0 Å². The number of rotatable bonds is 3. The number of nitrogens with one attached hydrogen (secondary N) is 1. The third-order valence-electron chi connectivity index (χ3n) is 4.84. The Kier molecular flexibility index (Phi) is 3.77. The van der Waals surface area contributed by atoms with Gasteiger partial charge in [0.1, 0.15) is 4.90 Å². The van der Waals surface area contributed by atoms with Crippen LogP contribution in [-0.2, 0) is 10.0 Å². The van der Waals surface area contributed by atoms with E-state index in [4.69, 9.17) is 0 Å². The number of benzene rings is 4. The molecule has 0 aliphatic heterocycles. The van der Waals surface area contributed by atoms with Gasteiger partial charge in [-0.2, -0.15) is 0 Å². The summed E-state index contributed by atoms with van der Waals surface area (Å²) in [5, 5.41) is 5.11. The molecule has 5 heteroatoms. The number of pyridine rings is 1. The summed E-state index contributed by atoms with van der Waals surface area (Å²) in [7, 11) is -3.76. The van der Waals surface area contributed by atoms with E-state index in [1.54, 1.807) is 30.5 Å². The monoisotopic (exact) mass is 384 g/mol. The van der Waals surface area contributed by atoms with Crippen LogP contribution in [0.1, 0.15) is 0 Å². The third-order valence-corrected chi connectivity index (χ3v) is 6.26. The van der Waals surface area contributed by atoms with Gasteiger partial charge in [0.2, 0.25) is 0 Å². The maximum Gasteiger partial charge on any atom is 0.264 e. The molecule has 28 heavy (non-hydrogen) atoms. The van der Waals surface area contributed by atoms with Gasteiger partial charge in [0.05, 0.1) is 5.52 Å². The standard InChI is InChI=1S/C23H16N2O2S/c26-28(27,22-9-3-7-16-8-4-12-24-23(16)22)25-21-11-10-19-13-17-5-1-2-6-18(17)14-20(19)15-21/h1-15,25H. The van der Waals surface area contributed by atoms with Crippen LogP contribution in [0, 0.1) is 0 Å². The Balaban J connectivity index is 1.59. The smallest absolute Gasteiger partial charge is 0.264 e. The Labute approximate surface area is 162 Å². The summed E-state index contributed by atoms with van der Waals surface area (Å²) >= 11 is 0. The Morgan fingerprint density at radius 1 is 0.643 bits per heavy atom. The molecule has 0 saturated carbocycles. The molecule has 0 atom stereocenters. The quantitative estimate of drug-likeness (QED) is 0.427. The van der Waals surface area contributed by atoms with Crippen LogP contribution < -0.4 is 4.72 Å². The van der Waals surface area contributed by atoms with Gasteiger partial charge >= 0.3 is 0 Å². The van der Waals surface area contributed by atoms with Crippen molar-refractivity contribution in [1.29, 1.82) is 0 Å². The number of aromatic nitrogens is 1. The van der Waals surface area contributed by atoms with Crippen molar-refractivity contribution in [3.05, 3.63) is 91.1 Å². The largest absolute Gasteiger partial charge is 0.280 e. The molecule has 1 heterocycles. The minimum absolute atomic E-state index is 0.171. The number of para-hydroxylation sites is 1. The summed E-state index contributed by atoms with van der Waals surface area (Å²) in [4.78, 5) is 4.42. The van der Waals surface area contributed by atoms with Gasteiger partial charge < -0.3 is 0 Å². The first kappa shape index (κ1) is 16.7. The van der Waals surface area contributed by atoms with E-state index in [1.165, 1.54) is 0 Å². The van der Waals surface area contributed by atoms with Gasteiger partial charge in [-0.25, -0.2) is 8.42 Å². The van der Waals surface area contributed by atoms with Gasteiger partial charge in [-0.3, -0.25) is 9.71 Å². The summed E-state index contributed by atoms with van der Waals surface area (Å²) in [6.07, 6.45) is 1.60. The van der Waals surface area contributed by atoms with E-state index in [0.29, 0.717) is 11.2 Å². The fourth-order valence-electron chi connectivity index (χ4n) is 3.51. The van der Waals surface area contributed by atoms with Crippen LogP contribution in [0.3, 0.4) is 0 Å². The second-order valence-electron chi connectivity index (χ2n) is 6.70. The second kappa shape index (κ2) is 6.32. The zero-order valence-electron chi connectivity index (χ0n) is 14.8. The summed E-state index contributed by atoms with van der Waals surface area (Å²) < 4.78 is 28.7. The molecule has 0 spiro atoms. The van der Waals surface area contributed by atoms with Crippen LogP contribution >= 0.6 is 0 Å². The highest BCUT2D eigenvalue weighted by Gasteiger charge is 2.18. The van der Waals surface area contributed by atoms with E-state index in [-0.39, 0.29) is 4.90 Å². The van der Waals surface area contributed by atoms with Crippen molar-refractivity contribution in [3.63, 3.8) is 0 Å². The van der Waals surface area contributed by atoms with Crippen molar-refractivity contribution in [1.82, 2.24) is 4.98 Å². The highest BCUT2D eigenvalue weighted by molar-refractivity contribution is 7.93. The van der Waals surface area contributed by atoms with Crippen LogP contribution in [0.4, 0.5) is 5.69 Å². The Morgan fingerprint density at radius 2 is 1.32 bits per heavy atom. The van der Waals surface area contributed by atoms with Gasteiger partial charge in [0.25, 0.3) is 10.0 Å². The van der Waals surface area contributed by atoms with E-state index in [9.17, 15) is 8.42 Å². The molecule has 0 bridgehead atoms. The summed E-state index contributed by atoms with van der Waals surface area (Å²) in [6, 6.07) is 26.7. The fraction of sp³-hybridized carbons (Fsp3) is 0. The van der Waals surface area contributed by atoms with Crippen LogP contribution in [0.2, 0.25) is 0 Å². The number of anilines is 1. The minimum atomic E-state index is -3.76. The molecule has 4 aromatic carbocycles. The second-order valence-corrected chi connectivity index (χ2v) is 8.35. The number of nitrogens with zero attached hydrogens (tertiary/aromatic N) is 1. The molecule has 0 aliphatic carbocycles. The molecule has 0 aliphatic rings. The van der Waals surface area contributed by atoms with E-state index in [1.807, 2.05) is 42.5 Å². The summed E-state index contributed by atoms with van der Waals surface area (Å²) in [5.41, 5.74) is 0.986. The molecule has 136 valence electrons. The van der Waals surface area contributed by atoms with Crippen LogP contribution in [-0.4, -0.2) is 13.4 Å². The summed E-state index contributed by atoms with van der Waals surface area (Å²) in [6.45, 7) is 0. The van der Waals surface area contributed by atoms with Gasteiger partial charge in [0.15, 0.2) is 0 Å². The average Bonchev–Trinajstić information content (AvgIpc) is 2.71. The lowest BCUT2D eigenvalue weighted by molar-refractivity contribution is 0.602. The molecule has 1 aromatic heterocycles. The molecule has 0 unspecified atom stereocenters. The lowest BCUT2D eigenvalue weighted by Crippen LogP contribution is -2.13. The maximum atomic E-state index is 13.0. The molecular weight excluding hydrogens is 368 g/mol. The minimum Gasteiger partial charge on any atom is -0.280 e. The molecule has 1 N–H and O–H groups in total. The Hall–Kier alpha value is -3.44. The zero-order valence-corrected chi connectivity index (χ0v) is 15.6. The van der Waals surface area contributed by atoms with Crippen molar-refractivity contribution < 1.29 is 8.42 Å². The van der Waals surface area contributed by atoms with Crippen LogP contribution in [0.5, 0.6) is 0 Å². The third kappa shape index (κ3) is 2.86. The molecule has 0 fully saturated rings. The fourth-order valence-corrected chi connectivity index (χ4v) is 4.74. The van der Waals surface area contributed by atoms with Crippen molar-refractivity contribution in [2.75, 3.05) is 4.72 Å². The lowest BCUT2D eigenvalue weighted by Gasteiger charge is -2.11. The average molecular weight is 384 g/mol. The van der Waals surface area contributed by atoms with Crippen LogP contribution in [0.15, 0.2) is 96.0 Å². The Morgan fingerprint density at radius 3 is 2.14 bits per heavy atom. The predicted octanol–water partition coefficient (Wildman–Crippen LogP) is 5.34. The van der Waals surface area contributed by atoms with Gasteiger partial charge in [-0.1, -0.05) is 48.5 Å².